The lowest BCUT2D eigenvalue weighted by Crippen LogP contribution is -2.46. The van der Waals surface area contributed by atoms with Gasteiger partial charge in [-0.3, -0.25) is 4.79 Å². The molecule has 0 radical (unpaired) electrons. The minimum Gasteiger partial charge on any atom is -0.396 e. The van der Waals surface area contributed by atoms with Gasteiger partial charge in [0.1, 0.15) is 5.75 Å². The highest BCUT2D eigenvalue weighted by Gasteiger charge is 2.28. The number of aliphatic hydroxyl groups excluding tert-OH is 1. The van der Waals surface area contributed by atoms with Crippen molar-refractivity contribution in [2.24, 2.45) is 0 Å². The molecule has 1 fully saturated rings. The standard InChI is InChI=1S/C12H21NO4S/c1-2-9-18(16,17)10-12(15)13-7-4-3-5-11(13)6-8-14/h2,11,14H,1,3-10H2. The van der Waals surface area contributed by atoms with Crippen LogP contribution in [0.1, 0.15) is 25.7 Å². The number of aliphatic hydroxyl groups is 1. The van der Waals surface area contributed by atoms with Gasteiger partial charge < -0.3 is 10.0 Å². The van der Waals surface area contributed by atoms with E-state index in [1.807, 2.05) is 0 Å². The first-order chi connectivity index (χ1) is 8.50. The molecule has 0 saturated carbocycles. The molecule has 1 unspecified atom stereocenters. The lowest BCUT2D eigenvalue weighted by molar-refractivity contribution is -0.132. The first-order valence-electron chi connectivity index (χ1n) is 6.22. The van der Waals surface area contributed by atoms with E-state index in [0.717, 1.165) is 19.3 Å². The molecular weight excluding hydrogens is 254 g/mol. The highest BCUT2D eigenvalue weighted by atomic mass is 32.2. The summed E-state index contributed by atoms with van der Waals surface area (Å²) in [4.78, 5) is 13.6. The molecule has 1 aliphatic rings. The van der Waals surface area contributed by atoms with Gasteiger partial charge in [-0.2, -0.15) is 0 Å². The zero-order valence-electron chi connectivity index (χ0n) is 10.5. The average molecular weight is 275 g/mol. The van der Waals surface area contributed by atoms with Gasteiger partial charge >= 0.3 is 0 Å². The zero-order chi connectivity index (χ0) is 13.6. The minimum atomic E-state index is -3.39. The third-order valence-electron chi connectivity index (χ3n) is 3.12. The second kappa shape index (κ2) is 6.89. The number of nitrogens with zero attached hydrogens (tertiary/aromatic N) is 1. The number of piperidine rings is 1. The van der Waals surface area contributed by atoms with Crippen LogP contribution in [0.3, 0.4) is 0 Å². The molecule has 1 atom stereocenters. The molecule has 18 heavy (non-hydrogen) atoms. The summed E-state index contributed by atoms with van der Waals surface area (Å²) in [6.45, 7) is 3.98. The van der Waals surface area contributed by atoms with Crippen molar-refractivity contribution in [2.75, 3.05) is 24.7 Å². The number of rotatable bonds is 6. The van der Waals surface area contributed by atoms with Gasteiger partial charge in [-0.25, -0.2) is 8.42 Å². The Bertz CT molecular complexity index is 389. The summed E-state index contributed by atoms with van der Waals surface area (Å²) in [5.41, 5.74) is 0. The summed E-state index contributed by atoms with van der Waals surface area (Å²) in [6, 6.07) is -0.0184. The van der Waals surface area contributed by atoms with Crippen molar-refractivity contribution in [2.45, 2.75) is 31.7 Å². The van der Waals surface area contributed by atoms with Crippen LogP contribution in [-0.2, 0) is 14.6 Å². The van der Waals surface area contributed by atoms with Gasteiger partial charge in [0.25, 0.3) is 0 Å². The summed E-state index contributed by atoms with van der Waals surface area (Å²) in [5, 5.41) is 8.97. The molecular formula is C12H21NO4S. The normalized spacial score (nSPS) is 20.7. The van der Waals surface area contributed by atoms with E-state index >= 15 is 0 Å². The van der Waals surface area contributed by atoms with Crippen molar-refractivity contribution >= 4 is 15.7 Å². The third kappa shape index (κ3) is 4.42. The van der Waals surface area contributed by atoms with Crippen molar-refractivity contribution in [3.63, 3.8) is 0 Å². The molecule has 0 aromatic rings. The molecule has 5 nitrogen and oxygen atoms in total. The van der Waals surface area contributed by atoms with Crippen LogP contribution < -0.4 is 0 Å². The fraction of sp³-hybridized carbons (Fsp3) is 0.750. The summed E-state index contributed by atoms with van der Waals surface area (Å²) in [7, 11) is -3.39. The topological polar surface area (TPSA) is 74.7 Å². The van der Waals surface area contributed by atoms with E-state index in [1.54, 1.807) is 4.90 Å². The molecule has 1 aliphatic heterocycles. The Labute approximate surface area is 108 Å². The summed E-state index contributed by atoms with van der Waals surface area (Å²) < 4.78 is 23.2. The lowest BCUT2D eigenvalue weighted by Gasteiger charge is -2.35. The second-order valence-electron chi connectivity index (χ2n) is 4.59. The van der Waals surface area contributed by atoms with Gasteiger partial charge in [0.2, 0.25) is 5.91 Å². The fourth-order valence-electron chi connectivity index (χ4n) is 2.29. The Kier molecular flexibility index (Phi) is 5.81. The van der Waals surface area contributed by atoms with Crippen LogP contribution in [0.2, 0.25) is 0 Å². The molecule has 6 heteroatoms. The Hall–Kier alpha value is -0.880. The van der Waals surface area contributed by atoms with Crippen LogP contribution in [0.4, 0.5) is 0 Å². The van der Waals surface area contributed by atoms with E-state index < -0.39 is 15.6 Å². The van der Waals surface area contributed by atoms with Crippen molar-refractivity contribution in [3.05, 3.63) is 12.7 Å². The molecule has 1 rings (SSSR count). The first kappa shape index (κ1) is 15.2. The predicted molar refractivity (Wildman–Crippen MR) is 69.9 cm³/mol. The van der Waals surface area contributed by atoms with Gasteiger partial charge in [-0.15, -0.1) is 6.58 Å². The first-order valence-corrected chi connectivity index (χ1v) is 8.04. The number of amides is 1. The maximum Gasteiger partial charge on any atom is 0.238 e. The van der Waals surface area contributed by atoms with Gasteiger partial charge in [0.05, 0.1) is 5.75 Å². The van der Waals surface area contributed by atoms with Crippen molar-refractivity contribution < 1.29 is 18.3 Å². The van der Waals surface area contributed by atoms with E-state index in [1.165, 1.54) is 6.08 Å². The Morgan fingerprint density at radius 3 is 2.78 bits per heavy atom. The third-order valence-corrected chi connectivity index (χ3v) is 4.56. The van der Waals surface area contributed by atoms with Gasteiger partial charge in [0.15, 0.2) is 9.84 Å². The number of hydrogen-bond acceptors (Lipinski definition) is 4. The minimum absolute atomic E-state index is 0.0184. The number of hydrogen-bond donors (Lipinski definition) is 1. The monoisotopic (exact) mass is 275 g/mol. The Morgan fingerprint density at radius 2 is 2.17 bits per heavy atom. The highest BCUT2D eigenvalue weighted by molar-refractivity contribution is 7.92. The van der Waals surface area contributed by atoms with Crippen molar-refractivity contribution in [1.29, 1.82) is 0 Å². The number of carbonyl (C=O) groups excluding carboxylic acids is 1. The Balaban J connectivity index is 2.66. The van der Waals surface area contributed by atoms with Crippen LogP contribution in [0.25, 0.3) is 0 Å². The molecule has 1 heterocycles. The molecule has 1 N–H and O–H groups in total. The molecule has 0 bridgehead atoms. The van der Waals surface area contributed by atoms with E-state index in [0.29, 0.717) is 13.0 Å². The smallest absolute Gasteiger partial charge is 0.238 e. The van der Waals surface area contributed by atoms with Crippen LogP contribution in [0.5, 0.6) is 0 Å². The van der Waals surface area contributed by atoms with Crippen LogP contribution in [-0.4, -0.2) is 55.0 Å². The molecule has 0 aromatic heterocycles. The van der Waals surface area contributed by atoms with Crippen molar-refractivity contribution in [3.8, 4) is 0 Å². The van der Waals surface area contributed by atoms with Gasteiger partial charge in [-0.05, 0) is 25.7 Å². The number of likely N-dealkylation sites (tertiary alicyclic amines) is 1. The predicted octanol–water partition coefficient (Wildman–Crippen LogP) is 0.351. The Morgan fingerprint density at radius 1 is 1.44 bits per heavy atom. The molecule has 0 aromatic carbocycles. The quantitative estimate of drug-likeness (QED) is 0.710. The average Bonchev–Trinajstić information content (AvgIpc) is 2.29. The van der Waals surface area contributed by atoms with Gasteiger partial charge in [-0.1, -0.05) is 6.08 Å². The molecule has 104 valence electrons. The van der Waals surface area contributed by atoms with E-state index in [9.17, 15) is 13.2 Å². The molecule has 1 saturated heterocycles. The van der Waals surface area contributed by atoms with E-state index in [-0.39, 0.29) is 24.3 Å². The summed E-state index contributed by atoms with van der Waals surface area (Å²) >= 11 is 0. The molecule has 0 aliphatic carbocycles. The van der Waals surface area contributed by atoms with Crippen LogP contribution in [0.15, 0.2) is 12.7 Å². The van der Waals surface area contributed by atoms with E-state index in [4.69, 9.17) is 5.11 Å². The summed E-state index contributed by atoms with van der Waals surface area (Å²) in [6.07, 6.45) is 4.58. The van der Waals surface area contributed by atoms with Crippen LogP contribution in [0, 0.1) is 0 Å². The fourth-order valence-corrected chi connectivity index (χ4v) is 3.31. The maximum absolute atomic E-state index is 12.0. The lowest BCUT2D eigenvalue weighted by atomic mass is 10.00. The van der Waals surface area contributed by atoms with Gasteiger partial charge in [0, 0.05) is 19.2 Å². The second-order valence-corrected chi connectivity index (χ2v) is 6.70. The van der Waals surface area contributed by atoms with Crippen molar-refractivity contribution in [1.82, 2.24) is 4.90 Å². The number of carbonyl (C=O) groups is 1. The molecule has 1 amide bonds. The van der Waals surface area contributed by atoms with Crippen LogP contribution >= 0.6 is 0 Å². The summed E-state index contributed by atoms with van der Waals surface area (Å²) in [5.74, 6) is -0.979. The maximum atomic E-state index is 12.0. The largest absolute Gasteiger partial charge is 0.396 e. The SMILES string of the molecule is C=CCS(=O)(=O)CC(=O)N1CCCCC1CCO. The number of sulfone groups is 1. The molecule has 0 spiro atoms. The zero-order valence-corrected chi connectivity index (χ0v) is 11.4. The van der Waals surface area contributed by atoms with E-state index in [2.05, 4.69) is 6.58 Å². The highest BCUT2D eigenvalue weighted by Crippen LogP contribution is 2.20.